The molecule has 1 heterocycles. The molecule has 0 aliphatic heterocycles. The van der Waals surface area contributed by atoms with E-state index >= 15 is 0 Å². The highest BCUT2D eigenvalue weighted by Gasteiger charge is 2.25. The molecule has 1 aromatic heterocycles. The van der Waals surface area contributed by atoms with Crippen LogP contribution in [-0.2, 0) is 4.74 Å². The van der Waals surface area contributed by atoms with E-state index in [1.165, 1.54) is 19.3 Å². The van der Waals surface area contributed by atoms with Crippen LogP contribution >= 0.6 is 0 Å². The van der Waals surface area contributed by atoms with Gasteiger partial charge < -0.3 is 15.8 Å². The van der Waals surface area contributed by atoms with E-state index in [1.54, 1.807) is 19.2 Å². The van der Waals surface area contributed by atoms with Gasteiger partial charge in [-0.3, -0.25) is 0 Å². The predicted molar refractivity (Wildman–Crippen MR) is 75.0 cm³/mol. The maximum atomic E-state index is 11.9. The number of carbonyl (C=O) groups excluding carboxylic acids is 1. The van der Waals surface area contributed by atoms with Crippen LogP contribution in [0.2, 0.25) is 0 Å². The van der Waals surface area contributed by atoms with Crippen LogP contribution in [-0.4, -0.2) is 23.6 Å². The van der Waals surface area contributed by atoms with Crippen molar-refractivity contribution in [1.82, 2.24) is 4.98 Å². The van der Waals surface area contributed by atoms with Gasteiger partial charge in [0, 0.05) is 6.04 Å². The summed E-state index contributed by atoms with van der Waals surface area (Å²) in [5, 5.41) is 3.31. The minimum absolute atomic E-state index is 0.304. The van der Waals surface area contributed by atoms with Crippen LogP contribution in [0.15, 0.2) is 12.3 Å². The van der Waals surface area contributed by atoms with Crippen molar-refractivity contribution in [2.24, 2.45) is 5.92 Å². The number of nitrogen functional groups attached to an aromatic ring is 1. The summed E-state index contributed by atoms with van der Waals surface area (Å²) >= 11 is 0. The lowest BCUT2D eigenvalue weighted by Gasteiger charge is -2.32. The average molecular weight is 263 g/mol. The fraction of sp³-hybridized carbons (Fsp3) is 0.571. The summed E-state index contributed by atoms with van der Waals surface area (Å²) in [4.78, 5) is 16.1. The first kappa shape index (κ1) is 13.6. The zero-order valence-corrected chi connectivity index (χ0v) is 11.5. The van der Waals surface area contributed by atoms with Crippen molar-refractivity contribution in [1.29, 1.82) is 0 Å². The topological polar surface area (TPSA) is 77.2 Å². The molecule has 1 aromatic rings. The maximum Gasteiger partial charge on any atom is 0.341 e. The number of carbonyl (C=O) groups is 1. The fourth-order valence-corrected chi connectivity index (χ4v) is 2.23. The molecule has 2 rings (SSSR count). The molecule has 0 spiro atoms. The third-order valence-electron chi connectivity index (χ3n) is 3.63. The van der Waals surface area contributed by atoms with Crippen molar-refractivity contribution < 1.29 is 9.53 Å². The number of nitrogens with one attached hydrogen (secondary N) is 1. The molecule has 5 nitrogen and oxygen atoms in total. The molecular formula is C14H21N3O2. The number of anilines is 2. The lowest BCUT2D eigenvalue weighted by Crippen LogP contribution is -2.31. The smallest absolute Gasteiger partial charge is 0.341 e. The maximum absolute atomic E-state index is 11.9. The summed E-state index contributed by atoms with van der Waals surface area (Å²) in [6, 6.07) is 1.92. The first-order valence-electron chi connectivity index (χ1n) is 6.81. The Morgan fingerprint density at radius 2 is 2.37 bits per heavy atom. The van der Waals surface area contributed by atoms with E-state index < -0.39 is 0 Å². The number of pyridine rings is 1. The normalized spacial score (nSPS) is 16.5. The zero-order valence-electron chi connectivity index (χ0n) is 11.5. The van der Waals surface area contributed by atoms with E-state index in [9.17, 15) is 4.79 Å². The van der Waals surface area contributed by atoms with Gasteiger partial charge in [-0.15, -0.1) is 0 Å². The fourth-order valence-electron chi connectivity index (χ4n) is 2.23. The van der Waals surface area contributed by atoms with Crippen molar-refractivity contribution in [2.45, 2.75) is 39.2 Å². The van der Waals surface area contributed by atoms with E-state index in [0.717, 1.165) is 0 Å². The Kier molecular flexibility index (Phi) is 4.24. The average Bonchev–Trinajstić information content (AvgIpc) is 2.29. The van der Waals surface area contributed by atoms with E-state index in [1.807, 2.05) is 0 Å². The van der Waals surface area contributed by atoms with Crippen LogP contribution in [0.25, 0.3) is 0 Å². The number of ether oxygens (including phenoxy) is 1. The lowest BCUT2D eigenvalue weighted by atomic mass is 9.80. The number of esters is 1. The van der Waals surface area contributed by atoms with Crippen LogP contribution in [0.4, 0.5) is 11.5 Å². The summed E-state index contributed by atoms with van der Waals surface area (Å²) in [6.07, 6.45) is 5.31. The minimum atomic E-state index is -0.384. The molecule has 1 unspecified atom stereocenters. The Labute approximate surface area is 113 Å². The highest BCUT2D eigenvalue weighted by molar-refractivity contribution is 5.95. The molecule has 1 fully saturated rings. The van der Waals surface area contributed by atoms with Gasteiger partial charge in [0.2, 0.25) is 0 Å². The van der Waals surface area contributed by atoms with E-state index in [4.69, 9.17) is 10.5 Å². The van der Waals surface area contributed by atoms with Gasteiger partial charge in [0.15, 0.2) is 0 Å². The summed E-state index contributed by atoms with van der Waals surface area (Å²) in [7, 11) is 0. The molecule has 1 saturated carbocycles. The highest BCUT2D eigenvalue weighted by Crippen LogP contribution is 2.31. The Morgan fingerprint density at radius 3 is 2.95 bits per heavy atom. The highest BCUT2D eigenvalue weighted by atomic mass is 16.5. The number of hydrogen-bond acceptors (Lipinski definition) is 5. The molecule has 3 N–H and O–H groups in total. The number of nitrogens with two attached hydrogens (primary N) is 1. The lowest BCUT2D eigenvalue weighted by molar-refractivity contribution is 0.0527. The molecule has 0 aromatic carbocycles. The third-order valence-corrected chi connectivity index (χ3v) is 3.63. The van der Waals surface area contributed by atoms with Crippen molar-refractivity contribution >= 4 is 17.5 Å². The van der Waals surface area contributed by atoms with Crippen molar-refractivity contribution in [3.05, 3.63) is 17.8 Å². The van der Waals surface area contributed by atoms with Gasteiger partial charge in [0.05, 0.1) is 18.5 Å². The molecule has 0 bridgehead atoms. The van der Waals surface area contributed by atoms with Gasteiger partial charge in [0.1, 0.15) is 11.4 Å². The van der Waals surface area contributed by atoms with Gasteiger partial charge in [-0.05, 0) is 38.7 Å². The van der Waals surface area contributed by atoms with Gasteiger partial charge >= 0.3 is 5.97 Å². The summed E-state index contributed by atoms with van der Waals surface area (Å²) in [5.41, 5.74) is 6.56. The predicted octanol–water partition coefficient (Wildman–Crippen LogP) is 2.44. The Morgan fingerprint density at radius 1 is 1.63 bits per heavy atom. The molecule has 1 aliphatic rings. The summed E-state index contributed by atoms with van der Waals surface area (Å²) in [5.74, 6) is 0.840. The third kappa shape index (κ3) is 3.16. The van der Waals surface area contributed by atoms with Crippen molar-refractivity contribution in [2.75, 3.05) is 17.7 Å². The van der Waals surface area contributed by atoms with Crippen LogP contribution in [0.1, 0.15) is 43.5 Å². The van der Waals surface area contributed by atoms with Crippen LogP contribution < -0.4 is 11.1 Å². The first-order chi connectivity index (χ1) is 9.11. The Hall–Kier alpha value is -1.78. The minimum Gasteiger partial charge on any atom is -0.462 e. The molecular weight excluding hydrogens is 242 g/mol. The van der Waals surface area contributed by atoms with Crippen molar-refractivity contribution in [3.8, 4) is 0 Å². The Bertz CT molecular complexity index is 458. The first-order valence-corrected chi connectivity index (χ1v) is 6.81. The van der Waals surface area contributed by atoms with Gasteiger partial charge in [-0.25, -0.2) is 9.78 Å². The standard InChI is InChI=1S/C14H21N3O2/c1-3-19-14(18)12-7-11(15)8-16-13(12)17-9(2)10-5-4-6-10/h7-10H,3-6,15H2,1-2H3,(H,16,17). The number of rotatable bonds is 5. The molecule has 1 aliphatic carbocycles. The second kappa shape index (κ2) is 5.91. The molecule has 5 heteroatoms. The molecule has 1 atom stereocenters. The number of nitrogens with zero attached hydrogens (tertiary/aromatic N) is 1. The van der Waals surface area contributed by atoms with Crippen LogP contribution in [0.5, 0.6) is 0 Å². The zero-order chi connectivity index (χ0) is 13.8. The summed E-state index contributed by atoms with van der Waals surface area (Å²) in [6.45, 7) is 4.24. The number of aromatic nitrogens is 1. The monoisotopic (exact) mass is 263 g/mol. The van der Waals surface area contributed by atoms with Crippen LogP contribution in [0, 0.1) is 5.92 Å². The largest absolute Gasteiger partial charge is 0.462 e. The van der Waals surface area contributed by atoms with E-state index in [0.29, 0.717) is 35.6 Å². The van der Waals surface area contributed by atoms with Crippen LogP contribution in [0.3, 0.4) is 0 Å². The van der Waals surface area contributed by atoms with E-state index in [2.05, 4.69) is 17.2 Å². The van der Waals surface area contributed by atoms with Crippen molar-refractivity contribution in [3.63, 3.8) is 0 Å². The second-order valence-electron chi connectivity index (χ2n) is 5.01. The number of hydrogen-bond donors (Lipinski definition) is 2. The quantitative estimate of drug-likeness (QED) is 0.798. The summed E-state index contributed by atoms with van der Waals surface area (Å²) < 4.78 is 5.03. The molecule has 0 amide bonds. The van der Waals surface area contributed by atoms with Gasteiger partial charge in [-0.2, -0.15) is 0 Å². The SMILES string of the molecule is CCOC(=O)c1cc(N)cnc1NC(C)C1CCC1. The molecule has 19 heavy (non-hydrogen) atoms. The molecule has 0 radical (unpaired) electrons. The van der Waals surface area contributed by atoms with Gasteiger partial charge in [-0.1, -0.05) is 6.42 Å². The molecule has 0 saturated heterocycles. The van der Waals surface area contributed by atoms with Gasteiger partial charge in [0.25, 0.3) is 0 Å². The second-order valence-corrected chi connectivity index (χ2v) is 5.01. The van der Waals surface area contributed by atoms with E-state index in [-0.39, 0.29) is 5.97 Å². The molecule has 104 valence electrons. The Balaban J connectivity index is 2.15.